The lowest BCUT2D eigenvalue weighted by Crippen LogP contribution is -2.41. The fourth-order valence-electron chi connectivity index (χ4n) is 2.94. The third kappa shape index (κ3) is 2.52. The van der Waals surface area contributed by atoms with Crippen LogP contribution in [-0.2, 0) is 9.59 Å². The van der Waals surface area contributed by atoms with E-state index in [-0.39, 0.29) is 17.7 Å². The Labute approximate surface area is 109 Å². The molecule has 2 aliphatic rings. The molecule has 2 fully saturated rings. The fourth-order valence-corrected chi connectivity index (χ4v) is 2.94. The van der Waals surface area contributed by atoms with Gasteiger partial charge in [-0.2, -0.15) is 0 Å². The van der Waals surface area contributed by atoms with Crippen molar-refractivity contribution in [1.29, 1.82) is 0 Å². The minimum absolute atomic E-state index is 0.108. The predicted molar refractivity (Wildman–Crippen MR) is 70.0 cm³/mol. The number of hydrogen-bond donors (Lipinski definition) is 0. The molecule has 0 radical (unpaired) electrons. The number of nitrogens with zero attached hydrogens (tertiary/aromatic N) is 2. The lowest BCUT2D eigenvalue weighted by molar-refractivity contribution is -0.136. The summed E-state index contributed by atoms with van der Waals surface area (Å²) in [5, 5.41) is 0. The van der Waals surface area contributed by atoms with Gasteiger partial charge < -0.3 is 9.80 Å². The first-order chi connectivity index (χ1) is 8.58. The van der Waals surface area contributed by atoms with E-state index in [0.717, 1.165) is 25.7 Å². The van der Waals surface area contributed by atoms with Crippen molar-refractivity contribution >= 4 is 11.8 Å². The van der Waals surface area contributed by atoms with Gasteiger partial charge in [-0.3, -0.25) is 9.59 Å². The third-order valence-electron chi connectivity index (χ3n) is 4.33. The van der Waals surface area contributed by atoms with Crippen LogP contribution in [0.25, 0.3) is 0 Å². The Morgan fingerprint density at radius 3 is 2.50 bits per heavy atom. The molecular weight excluding hydrogens is 228 g/mol. The summed E-state index contributed by atoms with van der Waals surface area (Å²) in [7, 11) is 1.88. The van der Waals surface area contributed by atoms with Gasteiger partial charge in [-0.25, -0.2) is 0 Å². The molecule has 18 heavy (non-hydrogen) atoms. The zero-order chi connectivity index (χ0) is 13.3. The van der Waals surface area contributed by atoms with Crippen molar-refractivity contribution in [3.8, 4) is 0 Å². The zero-order valence-corrected chi connectivity index (χ0v) is 11.7. The molecule has 0 spiro atoms. The molecule has 1 heterocycles. The molecule has 1 unspecified atom stereocenters. The Balaban J connectivity index is 1.95. The number of rotatable bonds is 5. The molecule has 0 aromatic rings. The van der Waals surface area contributed by atoms with Gasteiger partial charge >= 0.3 is 0 Å². The van der Waals surface area contributed by atoms with Crippen LogP contribution in [0.4, 0.5) is 0 Å². The quantitative estimate of drug-likeness (QED) is 0.746. The highest BCUT2D eigenvalue weighted by atomic mass is 16.2. The van der Waals surface area contributed by atoms with E-state index in [4.69, 9.17) is 0 Å². The first kappa shape index (κ1) is 13.4. The molecular formula is C14H24N2O2. The summed E-state index contributed by atoms with van der Waals surface area (Å²) in [6, 6.07) is 0.747. The molecule has 4 heteroatoms. The van der Waals surface area contributed by atoms with Gasteiger partial charge in [0.25, 0.3) is 0 Å². The van der Waals surface area contributed by atoms with Crippen LogP contribution in [-0.4, -0.2) is 47.3 Å². The molecule has 0 N–H and O–H groups in total. The molecule has 2 rings (SSSR count). The molecule has 2 amide bonds. The van der Waals surface area contributed by atoms with Crippen molar-refractivity contribution in [2.24, 2.45) is 5.92 Å². The molecule has 0 bridgehead atoms. The van der Waals surface area contributed by atoms with Gasteiger partial charge in [-0.1, -0.05) is 13.8 Å². The van der Waals surface area contributed by atoms with Crippen LogP contribution in [0.2, 0.25) is 0 Å². The van der Waals surface area contributed by atoms with Crippen LogP contribution < -0.4 is 0 Å². The van der Waals surface area contributed by atoms with E-state index in [1.165, 1.54) is 0 Å². The van der Waals surface area contributed by atoms with Gasteiger partial charge in [0, 0.05) is 32.1 Å². The molecule has 4 nitrogen and oxygen atoms in total. The van der Waals surface area contributed by atoms with E-state index < -0.39 is 0 Å². The number of carbonyl (C=O) groups is 2. The average molecular weight is 252 g/mol. The van der Waals surface area contributed by atoms with E-state index >= 15 is 0 Å². The SMILES string of the molecule is CCC(CC)N(C)C(=O)C1CC(=O)N(C2CC2)C1. The normalized spacial score (nSPS) is 23.9. The monoisotopic (exact) mass is 252 g/mol. The van der Waals surface area contributed by atoms with Crippen LogP contribution >= 0.6 is 0 Å². The molecule has 1 saturated heterocycles. The molecule has 1 saturated carbocycles. The highest BCUT2D eigenvalue weighted by molar-refractivity contribution is 5.89. The van der Waals surface area contributed by atoms with Crippen LogP contribution in [0, 0.1) is 5.92 Å². The highest BCUT2D eigenvalue weighted by Crippen LogP contribution is 2.33. The number of carbonyl (C=O) groups excluding carboxylic acids is 2. The van der Waals surface area contributed by atoms with Gasteiger partial charge in [-0.05, 0) is 25.7 Å². The minimum atomic E-state index is -0.108. The number of amides is 2. The molecule has 0 aromatic heterocycles. The Bertz CT molecular complexity index is 335. The van der Waals surface area contributed by atoms with Gasteiger partial charge in [0.15, 0.2) is 0 Å². The second-order valence-corrected chi connectivity index (χ2v) is 5.60. The molecule has 102 valence electrons. The van der Waals surface area contributed by atoms with Crippen molar-refractivity contribution in [2.75, 3.05) is 13.6 Å². The van der Waals surface area contributed by atoms with Gasteiger partial charge in [-0.15, -0.1) is 0 Å². The van der Waals surface area contributed by atoms with Gasteiger partial charge in [0.05, 0.1) is 5.92 Å². The van der Waals surface area contributed by atoms with Crippen molar-refractivity contribution in [3.63, 3.8) is 0 Å². The van der Waals surface area contributed by atoms with Crippen molar-refractivity contribution in [3.05, 3.63) is 0 Å². The van der Waals surface area contributed by atoms with Crippen LogP contribution in [0.5, 0.6) is 0 Å². The first-order valence-electron chi connectivity index (χ1n) is 7.14. The fraction of sp³-hybridized carbons (Fsp3) is 0.857. The molecule has 1 aliphatic carbocycles. The van der Waals surface area contributed by atoms with Gasteiger partial charge in [0.2, 0.25) is 11.8 Å². The first-order valence-corrected chi connectivity index (χ1v) is 7.14. The lowest BCUT2D eigenvalue weighted by atomic mass is 10.0. The standard InChI is InChI=1S/C14H24N2O2/c1-4-11(5-2)15(3)14(18)10-8-13(17)16(9-10)12-6-7-12/h10-12H,4-9H2,1-3H3. The number of hydrogen-bond acceptors (Lipinski definition) is 2. The maximum Gasteiger partial charge on any atom is 0.227 e. The van der Waals surface area contributed by atoms with Gasteiger partial charge in [0.1, 0.15) is 0 Å². The van der Waals surface area contributed by atoms with Crippen LogP contribution in [0.15, 0.2) is 0 Å². The summed E-state index contributed by atoms with van der Waals surface area (Å²) < 4.78 is 0. The summed E-state index contributed by atoms with van der Waals surface area (Å²) in [5.41, 5.74) is 0. The van der Waals surface area contributed by atoms with E-state index in [1.807, 2.05) is 16.8 Å². The largest absolute Gasteiger partial charge is 0.342 e. The van der Waals surface area contributed by atoms with E-state index in [0.29, 0.717) is 25.0 Å². The molecule has 1 aliphatic heterocycles. The molecule has 0 aromatic carbocycles. The smallest absolute Gasteiger partial charge is 0.227 e. The topological polar surface area (TPSA) is 40.6 Å². The third-order valence-corrected chi connectivity index (χ3v) is 4.33. The Morgan fingerprint density at radius 2 is 2.00 bits per heavy atom. The lowest BCUT2D eigenvalue weighted by Gasteiger charge is -2.28. The second-order valence-electron chi connectivity index (χ2n) is 5.60. The minimum Gasteiger partial charge on any atom is -0.342 e. The van der Waals surface area contributed by atoms with E-state index in [1.54, 1.807) is 0 Å². The maximum atomic E-state index is 12.4. The second kappa shape index (κ2) is 5.29. The van der Waals surface area contributed by atoms with Crippen molar-refractivity contribution < 1.29 is 9.59 Å². The molecule has 1 atom stereocenters. The highest BCUT2D eigenvalue weighted by Gasteiger charge is 2.42. The van der Waals surface area contributed by atoms with Crippen LogP contribution in [0.3, 0.4) is 0 Å². The summed E-state index contributed by atoms with van der Waals surface area (Å²) in [6.45, 7) is 4.86. The van der Waals surface area contributed by atoms with Crippen molar-refractivity contribution in [1.82, 2.24) is 9.80 Å². The average Bonchev–Trinajstić information content (AvgIpc) is 3.13. The van der Waals surface area contributed by atoms with E-state index in [9.17, 15) is 9.59 Å². The Morgan fingerprint density at radius 1 is 1.39 bits per heavy atom. The maximum absolute atomic E-state index is 12.4. The Kier molecular flexibility index (Phi) is 3.93. The van der Waals surface area contributed by atoms with Crippen LogP contribution in [0.1, 0.15) is 46.0 Å². The number of likely N-dealkylation sites (tertiary alicyclic amines) is 1. The summed E-state index contributed by atoms with van der Waals surface area (Å²) >= 11 is 0. The zero-order valence-electron chi connectivity index (χ0n) is 11.7. The predicted octanol–water partition coefficient (Wildman–Crippen LogP) is 1.64. The Hall–Kier alpha value is -1.06. The van der Waals surface area contributed by atoms with Crippen molar-refractivity contribution in [2.45, 2.75) is 58.0 Å². The summed E-state index contributed by atoms with van der Waals surface area (Å²) in [5.74, 6) is 0.220. The summed E-state index contributed by atoms with van der Waals surface area (Å²) in [4.78, 5) is 28.0. The van der Waals surface area contributed by atoms with E-state index in [2.05, 4.69) is 13.8 Å². The summed E-state index contributed by atoms with van der Waals surface area (Å²) in [6.07, 6.45) is 4.61.